The smallest absolute Gasteiger partial charge is 0.469 e. The van der Waals surface area contributed by atoms with E-state index in [9.17, 15) is 24.3 Å². The predicted octanol–water partition coefficient (Wildman–Crippen LogP) is 7.90. The molecule has 0 aromatic carbocycles. The Kier molecular flexibility index (Phi) is 33.0. The third-order valence-electron chi connectivity index (χ3n) is 8.84. The van der Waals surface area contributed by atoms with Crippen molar-refractivity contribution in [3.05, 3.63) is 0 Å². The van der Waals surface area contributed by atoms with E-state index in [-0.39, 0.29) is 57.6 Å². The highest BCUT2D eigenvalue weighted by atomic mass is 16.7. The number of carbonyl (C=O) groups is 4. The molecule has 12 heteroatoms. The fourth-order valence-corrected chi connectivity index (χ4v) is 5.51. The maximum Gasteiger partial charge on any atom is 0.508 e. The maximum absolute atomic E-state index is 12.3. The molecule has 1 rings (SSSR count). The van der Waals surface area contributed by atoms with E-state index in [1.807, 2.05) is 0 Å². The molecule has 1 saturated heterocycles. The number of rotatable bonds is 30. The molecule has 0 aromatic heterocycles. The zero-order valence-corrected chi connectivity index (χ0v) is 32.8. The molecule has 0 aliphatic carbocycles. The molecular formula is C39H73NO11. The largest absolute Gasteiger partial charge is 0.508 e. The summed E-state index contributed by atoms with van der Waals surface area (Å²) in [7, 11) is 3.43. The van der Waals surface area contributed by atoms with E-state index in [2.05, 4.69) is 37.5 Å². The Morgan fingerprint density at radius 1 is 0.667 bits per heavy atom. The van der Waals surface area contributed by atoms with Gasteiger partial charge < -0.3 is 38.4 Å². The van der Waals surface area contributed by atoms with Crippen molar-refractivity contribution in [2.45, 2.75) is 168 Å². The van der Waals surface area contributed by atoms with Gasteiger partial charge in [-0.1, -0.05) is 91.4 Å². The molecule has 0 saturated carbocycles. The van der Waals surface area contributed by atoms with Crippen molar-refractivity contribution < 1.29 is 52.7 Å². The third-order valence-corrected chi connectivity index (χ3v) is 8.84. The van der Waals surface area contributed by atoms with E-state index in [0.29, 0.717) is 25.5 Å². The topological polar surface area (TPSA) is 147 Å². The van der Waals surface area contributed by atoms with Crippen molar-refractivity contribution in [3.63, 3.8) is 0 Å². The van der Waals surface area contributed by atoms with Crippen molar-refractivity contribution in [2.75, 3.05) is 53.7 Å². The van der Waals surface area contributed by atoms with Gasteiger partial charge in [0.1, 0.15) is 19.8 Å². The van der Waals surface area contributed by atoms with E-state index < -0.39 is 24.3 Å². The second kappa shape index (κ2) is 34.6. The Morgan fingerprint density at radius 2 is 1.22 bits per heavy atom. The highest BCUT2D eigenvalue weighted by Gasteiger charge is 2.22. The van der Waals surface area contributed by atoms with Crippen LogP contribution in [0.2, 0.25) is 0 Å². The minimum atomic E-state index is -1.05. The molecule has 0 aromatic rings. The molecule has 1 heterocycles. The first kappa shape index (κ1) is 48.6. The molecule has 3 atom stereocenters. The normalized spacial score (nSPS) is 15.3. The number of hydrogen-bond donors (Lipinski definition) is 1. The molecule has 0 radical (unpaired) electrons. The molecular weight excluding hydrogens is 658 g/mol. The number of unbranched alkanes of at least 4 members (excludes halogenated alkanes) is 11. The average Bonchev–Trinajstić information content (AvgIpc) is 3.53. The Balaban J connectivity index is 0.00000464. The molecule has 1 aliphatic rings. The summed E-state index contributed by atoms with van der Waals surface area (Å²) in [5.41, 5.74) is 0. The van der Waals surface area contributed by atoms with Crippen LogP contribution in [-0.4, -0.2) is 100 Å². The van der Waals surface area contributed by atoms with Gasteiger partial charge >= 0.3 is 24.1 Å². The highest BCUT2D eigenvalue weighted by molar-refractivity contribution is 5.70. The summed E-state index contributed by atoms with van der Waals surface area (Å²) in [6.07, 6.45) is 16.5. The Labute approximate surface area is 308 Å². The van der Waals surface area contributed by atoms with E-state index in [4.69, 9.17) is 23.7 Å². The van der Waals surface area contributed by atoms with Gasteiger partial charge in [-0.05, 0) is 52.1 Å². The number of aliphatic hydroxyl groups excluding tert-OH is 1. The Bertz CT molecular complexity index is 870. The number of carbonyl (C=O) groups excluding carboxylic acids is 4. The first-order valence-corrected chi connectivity index (χ1v) is 19.8. The van der Waals surface area contributed by atoms with Gasteiger partial charge in [-0.2, -0.15) is 0 Å². The lowest BCUT2D eigenvalue weighted by atomic mass is 10.1. The molecule has 0 spiro atoms. The van der Waals surface area contributed by atoms with Crippen molar-refractivity contribution in [3.8, 4) is 0 Å². The van der Waals surface area contributed by atoms with Crippen LogP contribution in [0.25, 0.3) is 0 Å². The second-order valence-electron chi connectivity index (χ2n) is 13.5. The van der Waals surface area contributed by atoms with Crippen LogP contribution in [0.3, 0.4) is 0 Å². The first-order chi connectivity index (χ1) is 24.7. The van der Waals surface area contributed by atoms with Gasteiger partial charge in [0.05, 0.1) is 26.1 Å². The van der Waals surface area contributed by atoms with E-state index in [0.717, 1.165) is 70.8 Å². The van der Waals surface area contributed by atoms with Gasteiger partial charge in [-0.25, -0.2) is 4.79 Å². The molecule has 1 fully saturated rings. The second-order valence-corrected chi connectivity index (χ2v) is 13.5. The number of aliphatic hydroxyl groups is 1. The summed E-state index contributed by atoms with van der Waals surface area (Å²) >= 11 is 0. The van der Waals surface area contributed by atoms with Crippen LogP contribution >= 0.6 is 0 Å². The van der Waals surface area contributed by atoms with Gasteiger partial charge in [0.25, 0.3) is 0 Å². The lowest BCUT2D eigenvalue weighted by Gasteiger charge is -2.19. The fraction of sp³-hybridized carbons (Fsp3) is 0.897. The number of hydrogen-bond acceptors (Lipinski definition) is 12. The molecule has 3 unspecified atom stereocenters. The molecule has 1 aliphatic heterocycles. The molecule has 1 N–H and O–H groups in total. The van der Waals surface area contributed by atoms with Crippen LogP contribution in [0.1, 0.15) is 156 Å². The van der Waals surface area contributed by atoms with Gasteiger partial charge in [0.2, 0.25) is 0 Å². The van der Waals surface area contributed by atoms with Crippen molar-refractivity contribution in [2.24, 2.45) is 5.92 Å². The van der Waals surface area contributed by atoms with E-state index in [1.54, 1.807) is 0 Å². The van der Waals surface area contributed by atoms with Crippen LogP contribution in [0, 0.1) is 5.92 Å². The predicted molar refractivity (Wildman–Crippen MR) is 197 cm³/mol. The van der Waals surface area contributed by atoms with Crippen LogP contribution in [0.15, 0.2) is 0 Å². The molecule has 300 valence electrons. The number of methoxy groups -OCH3 is 1. The highest BCUT2D eigenvalue weighted by Crippen LogP contribution is 2.18. The van der Waals surface area contributed by atoms with Crippen LogP contribution < -0.4 is 0 Å². The van der Waals surface area contributed by atoms with Crippen LogP contribution in [-0.2, 0) is 42.8 Å². The number of ether oxygens (including phenoxy) is 6. The summed E-state index contributed by atoms with van der Waals surface area (Å²) in [5, 5.41) is 10.0. The van der Waals surface area contributed by atoms with Crippen LogP contribution in [0.5, 0.6) is 0 Å². The first-order valence-electron chi connectivity index (χ1n) is 19.8. The molecule has 12 nitrogen and oxygen atoms in total. The zero-order chi connectivity index (χ0) is 38.0. The number of likely N-dealkylation sites (tertiary alicyclic amines) is 1. The standard InChI is InChI=1S/C34H61NO11.C5H12/c1-4-5-6-7-11-14-23-42-32(38)19-20-33(39)45-26-28(27-46-34(40)43-24-21-29-16-15-22-35(29)2)25-44-31(37)18-13-10-8-9-12-17-30(36)41-3;1-3-5-4-2/h28-29,32,38H,4-27H2,1-3H3;3-5H2,1-2H3. The van der Waals surface area contributed by atoms with Crippen LogP contribution in [0.4, 0.5) is 4.79 Å². The monoisotopic (exact) mass is 732 g/mol. The summed E-state index contributed by atoms with van der Waals surface area (Å²) in [5.74, 6) is -1.72. The van der Waals surface area contributed by atoms with Crippen molar-refractivity contribution in [1.82, 2.24) is 4.90 Å². The van der Waals surface area contributed by atoms with Gasteiger partial charge in [0, 0.05) is 31.9 Å². The summed E-state index contributed by atoms with van der Waals surface area (Å²) in [6.45, 7) is 7.96. The molecule has 0 amide bonds. The minimum Gasteiger partial charge on any atom is -0.469 e. The van der Waals surface area contributed by atoms with Gasteiger partial charge in [-0.15, -0.1) is 0 Å². The quantitative estimate of drug-likeness (QED) is 0.0331. The fourth-order valence-electron chi connectivity index (χ4n) is 5.51. The zero-order valence-electron chi connectivity index (χ0n) is 32.8. The SMILES string of the molecule is CCCCC.CCCCCCCCOC(O)CCC(=O)OCC(COC(=O)CCCCCCCC(=O)OC)COC(=O)OCCC1CCCN1C. The van der Waals surface area contributed by atoms with Gasteiger partial charge in [0.15, 0.2) is 6.29 Å². The van der Waals surface area contributed by atoms with E-state index in [1.165, 1.54) is 45.6 Å². The number of esters is 3. The maximum atomic E-state index is 12.3. The Hall–Kier alpha value is -2.44. The minimum absolute atomic E-state index is 0.0394. The van der Waals surface area contributed by atoms with Gasteiger partial charge in [-0.3, -0.25) is 14.4 Å². The lowest BCUT2D eigenvalue weighted by molar-refractivity contribution is -0.153. The number of nitrogens with zero attached hydrogens (tertiary/aromatic N) is 1. The summed E-state index contributed by atoms with van der Waals surface area (Å²) < 4.78 is 31.3. The molecule has 51 heavy (non-hydrogen) atoms. The average molecular weight is 732 g/mol. The molecule has 0 bridgehead atoms. The summed E-state index contributed by atoms with van der Waals surface area (Å²) in [6, 6.07) is 0.388. The lowest BCUT2D eigenvalue weighted by Crippen LogP contribution is -2.28. The Morgan fingerprint density at radius 3 is 1.78 bits per heavy atom. The summed E-state index contributed by atoms with van der Waals surface area (Å²) in [4.78, 5) is 50.3. The van der Waals surface area contributed by atoms with Crippen molar-refractivity contribution >= 4 is 24.1 Å². The third kappa shape index (κ3) is 30.9. The van der Waals surface area contributed by atoms with E-state index >= 15 is 0 Å². The van der Waals surface area contributed by atoms with Crippen molar-refractivity contribution in [1.29, 1.82) is 0 Å².